The lowest BCUT2D eigenvalue weighted by atomic mass is 10.0. The zero-order valence-corrected chi connectivity index (χ0v) is 18.9. The van der Waals surface area contributed by atoms with Crippen molar-refractivity contribution in [3.8, 4) is 0 Å². The Balaban J connectivity index is 1.71. The fourth-order valence-electron chi connectivity index (χ4n) is 3.86. The Kier molecular flexibility index (Phi) is 6.09. The maximum absolute atomic E-state index is 12.9. The van der Waals surface area contributed by atoms with Gasteiger partial charge >= 0.3 is 0 Å². The molecule has 0 saturated carbocycles. The fraction of sp³-hybridized carbons (Fsp3) is 0.360. The van der Waals surface area contributed by atoms with Crippen LogP contribution < -0.4 is 15.8 Å². The summed E-state index contributed by atoms with van der Waals surface area (Å²) < 4.78 is 1.65. The average molecular weight is 418 g/mol. The molecule has 6 nitrogen and oxygen atoms in total. The van der Waals surface area contributed by atoms with Crippen molar-refractivity contribution in [3.05, 3.63) is 81.7 Å². The predicted octanol–water partition coefficient (Wildman–Crippen LogP) is 3.58. The van der Waals surface area contributed by atoms with Crippen LogP contribution in [0.1, 0.15) is 32.9 Å². The maximum Gasteiger partial charge on any atom is 0.258 e. The Bertz CT molecular complexity index is 1160. The number of fused-ring (bicyclic) bond motifs is 1. The van der Waals surface area contributed by atoms with Crippen LogP contribution in [0.15, 0.2) is 70.5 Å². The molecule has 0 aliphatic carbocycles. The van der Waals surface area contributed by atoms with Gasteiger partial charge in [-0.3, -0.25) is 9.20 Å². The molecular formula is C25H31N5O. The van der Waals surface area contributed by atoms with Crippen LogP contribution in [0.2, 0.25) is 0 Å². The zero-order chi connectivity index (χ0) is 22.0. The molecule has 0 unspecified atom stereocenters. The molecule has 6 heteroatoms. The van der Waals surface area contributed by atoms with Crippen LogP contribution in [-0.4, -0.2) is 47.5 Å². The first-order valence-electron chi connectivity index (χ1n) is 11.0. The molecule has 1 N–H and O–H groups in total. The highest BCUT2D eigenvalue weighted by Gasteiger charge is 2.14. The number of hydrogen-bond donors (Lipinski definition) is 1. The number of anilines is 1. The number of nitrogens with one attached hydrogen (secondary N) is 1. The van der Waals surface area contributed by atoms with Crippen LogP contribution in [0, 0.1) is 0 Å². The Labute approximate surface area is 183 Å². The Morgan fingerprint density at radius 3 is 2.74 bits per heavy atom. The third-order valence-corrected chi connectivity index (χ3v) is 6.18. The molecule has 0 amide bonds. The quantitative estimate of drug-likeness (QED) is 0.824. The minimum Gasteiger partial charge on any atom is -0.368 e. The molecule has 162 valence electrons. The standard InChI is InChI=1S/C25H31N5O/c1-5-18(2)19(3)14-22-15-20(8-11-28(22)4)23-16-25(31)30-17-21(6-7-24(30)27-23)29-12-9-26-10-13-29/h6-8,11,14-17,26H,5,9-10,12-13H2,1-4H3/b19-18+,22-14-. The van der Waals surface area contributed by atoms with E-state index in [0.717, 1.165) is 49.6 Å². The van der Waals surface area contributed by atoms with Crippen molar-refractivity contribution in [2.75, 3.05) is 38.1 Å². The molecule has 1 fully saturated rings. The molecule has 2 aromatic heterocycles. The molecule has 31 heavy (non-hydrogen) atoms. The Morgan fingerprint density at radius 1 is 1.23 bits per heavy atom. The lowest BCUT2D eigenvalue weighted by Gasteiger charge is -2.29. The van der Waals surface area contributed by atoms with E-state index in [0.29, 0.717) is 11.3 Å². The first-order chi connectivity index (χ1) is 15.0. The third kappa shape index (κ3) is 4.49. The Morgan fingerprint density at radius 2 is 2.00 bits per heavy atom. The number of nitrogens with zero attached hydrogens (tertiary/aromatic N) is 4. The summed E-state index contributed by atoms with van der Waals surface area (Å²) in [6, 6.07) is 5.63. The number of piperazine rings is 1. The largest absolute Gasteiger partial charge is 0.368 e. The van der Waals surface area contributed by atoms with Crippen molar-refractivity contribution in [3.63, 3.8) is 0 Å². The van der Waals surface area contributed by atoms with Crippen LogP contribution >= 0.6 is 0 Å². The lowest BCUT2D eigenvalue weighted by Crippen LogP contribution is -2.43. The molecule has 2 aliphatic heterocycles. The monoisotopic (exact) mass is 417 g/mol. The molecule has 2 aromatic rings. The van der Waals surface area contributed by atoms with Gasteiger partial charge in [-0.05, 0) is 50.6 Å². The van der Waals surface area contributed by atoms with Gasteiger partial charge in [0.25, 0.3) is 5.56 Å². The first kappa shape index (κ1) is 21.1. The topological polar surface area (TPSA) is 52.9 Å². The van der Waals surface area contributed by atoms with Gasteiger partial charge in [0.2, 0.25) is 0 Å². The van der Waals surface area contributed by atoms with Gasteiger partial charge in [0.1, 0.15) is 5.65 Å². The van der Waals surface area contributed by atoms with Gasteiger partial charge < -0.3 is 15.1 Å². The van der Waals surface area contributed by atoms with E-state index in [4.69, 9.17) is 4.98 Å². The number of aromatic nitrogens is 2. The molecule has 4 rings (SSSR count). The van der Waals surface area contributed by atoms with Crippen molar-refractivity contribution in [2.45, 2.75) is 27.2 Å². The van der Waals surface area contributed by atoms with E-state index < -0.39 is 0 Å². The third-order valence-electron chi connectivity index (χ3n) is 6.18. The number of likely N-dealkylation sites (N-methyl/N-ethyl adjacent to an activating group) is 1. The number of allylic oxidation sites excluding steroid dienone is 6. The smallest absolute Gasteiger partial charge is 0.258 e. The van der Waals surface area contributed by atoms with Crippen LogP contribution in [0.3, 0.4) is 0 Å². The van der Waals surface area contributed by atoms with Crippen LogP contribution in [0.5, 0.6) is 0 Å². The van der Waals surface area contributed by atoms with Gasteiger partial charge in [0.05, 0.1) is 11.4 Å². The van der Waals surface area contributed by atoms with E-state index in [1.807, 2.05) is 31.6 Å². The summed E-state index contributed by atoms with van der Waals surface area (Å²) in [4.78, 5) is 22.1. The molecule has 0 spiro atoms. The normalized spacial score (nSPS) is 19.1. The van der Waals surface area contributed by atoms with Crippen molar-refractivity contribution in [1.82, 2.24) is 19.6 Å². The van der Waals surface area contributed by atoms with Crippen LogP contribution in [-0.2, 0) is 0 Å². The van der Waals surface area contributed by atoms with Gasteiger partial charge in [-0.2, -0.15) is 0 Å². The summed E-state index contributed by atoms with van der Waals surface area (Å²) in [6.07, 6.45) is 11.3. The van der Waals surface area contributed by atoms with E-state index in [2.05, 4.69) is 54.1 Å². The first-order valence-corrected chi connectivity index (χ1v) is 11.0. The SMILES string of the molecule is CC/C(C)=C(C)/C=C1/C=C(c2cc(=O)n3cc(N4CCNCC4)ccc3n2)C=CN1C. The van der Waals surface area contributed by atoms with Gasteiger partial charge in [-0.15, -0.1) is 0 Å². The van der Waals surface area contributed by atoms with Gasteiger partial charge in [-0.25, -0.2) is 4.98 Å². The van der Waals surface area contributed by atoms with E-state index in [9.17, 15) is 4.79 Å². The summed E-state index contributed by atoms with van der Waals surface area (Å²) >= 11 is 0. The van der Waals surface area contributed by atoms with Crippen LogP contribution in [0.4, 0.5) is 5.69 Å². The van der Waals surface area contributed by atoms with Gasteiger partial charge in [0.15, 0.2) is 0 Å². The summed E-state index contributed by atoms with van der Waals surface area (Å²) in [7, 11) is 2.03. The van der Waals surface area contributed by atoms with Gasteiger partial charge in [-0.1, -0.05) is 18.1 Å². The summed E-state index contributed by atoms with van der Waals surface area (Å²) in [6.45, 7) is 10.3. The second-order valence-electron chi connectivity index (χ2n) is 8.24. The molecule has 0 atom stereocenters. The molecule has 2 aliphatic rings. The van der Waals surface area contributed by atoms with Crippen molar-refractivity contribution < 1.29 is 0 Å². The number of pyridine rings is 1. The number of hydrogen-bond acceptors (Lipinski definition) is 5. The molecule has 0 aromatic carbocycles. The Hall–Kier alpha value is -3.12. The lowest BCUT2D eigenvalue weighted by molar-refractivity contribution is 0.584. The van der Waals surface area contributed by atoms with Crippen LogP contribution in [0.25, 0.3) is 11.2 Å². The van der Waals surface area contributed by atoms with E-state index in [-0.39, 0.29) is 5.56 Å². The molecule has 0 bridgehead atoms. The summed E-state index contributed by atoms with van der Waals surface area (Å²) in [5.41, 5.74) is 7.02. The minimum atomic E-state index is -0.0614. The maximum atomic E-state index is 12.9. The summed E-state index contributed by atoms with van der Waals surface area (Å²) in [5.74, 6) is 0. The van der Waals surface area contributed by atoms with E-state index in [1.54, 1.807) is 10.5 Å². The fourth-order valence-corrected chi connectivity index (χ4v) is 3.86. The predicted molar refractivity (Wildman–Crippen MR) is 128 cm³/mol. The number of rotatable bonds is 4. The highest BCUT2D eigenvalue weighted by atomic mass is 16.1. The molecular weight excluding hydrogens is 386 g/mol. The van der Waals surface area contributed by atoms with Crippen molar-refractivity contribution in [1.29, 1.82) is 0 Å². The average Bonchev–Trinajstić information content (AvgIpc) is 2.80. The summed E-state index contributed by atoms with van der Waals surface area (Å²) in [5, 5.41) is 3.36. The molecule has 1 saturated heterocycles. The second kappa shape index (κ2) is 8.94. The van der Waals surface area contributed by atoms with Gasteiger partial charge in [0, 0.05) is 63.0 Å². The van der Waals surface area contributed by atoms with E-state index >= 15 is 0 Å². The highest BCUT2D eigenvalue weighted by Crippen LogP contribution is 2.25. The molecule has 4 heterocycles. The van der Waals surface area contributed by atoms with Crippen molar-refractivity contribution >= 4 is 16.9 Å². The minimum absolute atomic E-state index is 0.0614. The second-order valence-corrected chi connectivity index (χ2v) is 8.24. The zero-order valence-electron chi connectivity index (χ0n) is 18.9. The van der Waals surface area contributed by atoms with E-state index in [1.165, 1.54) is 11.1 Å². The highest BCUT2D eigenvalue weighted by molar-refractivity contribution is 5.76. The van der Waals surface area contributed by atoms with Crippen molar-refractivity contribution in [2.24, 2.45) is 0 Å². The molecule has 0 radical (unpaired) electrons.